The molecule has 0 aromatic heterocycles. The number of halogens is 3. The molecule has 100 valence electrons. The van der Waals surface area contributed by atoms with E-state index in [1.54, 1.807) is 13.8 Å². The van der Waals surface area contributed by atoms with Gasteiger partial charge in [0.25, 0.3) is 0 Å². The van der Waals surface area contributed by atoms with Gasteiger partial charge in [0.2, 0.25) is 0 Å². The Bertz CT molecular complexity index is 417. The average Bonchev–Trinajstić information content (AvgIpc) is 2.49. The van der Waals surface area contributed by atoms with Gasteiger partial charge in [0.1, 0.15) is 0 Å². The standard InChI is InChI=1S/C10H15F3O3S/c1-8(2)7-3-5-9(8,6-4-7)16-17(14,15)10(11,12)13/h7H,3-6H2,1-2H3. The normalized spacial score (nSPS) is 36.4. The summed E-state index contributed by atoms with van der Waals surface area (Å²) >= 11 is 0. The van der Waals surface area contributed by atoms with Crippen molar-refractivity contribution in [1.82, 2.24) is 0 Å². The Morgan fingerprint density at radius 2 is 1.65 bits per heavy atom. The van der Waals surface area contributed by atoms with Gasteiger partial charge in [0.05, 0.1) is 5.60 Å². The lowest BCUT2D eigenvalue weighted by atomic mass is 9.79. The van der Waals surface area contributed by atoms with Gasteiger partial charge in [-0.15, -0.1) is 0 Å². The molecule has 0 heterocycles. The lowest BCUT2D eigenvalue weighted by molar-refractivity contribution is -0.0762. The van der Waals surface area contributed by atoms with Crippen LogP contribution in [0.2, 0.25) is 0 Å². The summed E-state index contributed by atoms with van der Waals surface area (Å²) < 4.78 is 63.9. The van der Waals surface area contributed by atoms with Crippen molar-refractivity contribution in [3.05, 3.63) is 0 Å². The van der Waals surface area contributed by atoms with Crippen LogP contribution in [0.4, 0.5) is 13.2 Å². The van der Waals surface area contributed by atoms with Crippen molar-refractivity contribution >= 4 is 10.1 Å². The highest BCUT2D eigenvalue weighted by atomic mass is 32.2. The summed E-state index contributed by atoms with van der Waals surface area (Å²) in [6.07, 6.45) is 2.25. The number of hydrogen-bond acceptors (Lipinski definition) is 3. The molecule has 0 radical (unpaired) electrons. The van der Waals surface area contributed by atoms with Gasteiger partial charge in [-0.25, -0.2) is 0 Å². The molecule has 0 N–H and O–H groups in total. The quantitative estimate of drug-likeness (QED) is 0.573. The molecule has 2 bridgehead atoms. The SMILES string of the molecule is CC1(C)C2CCC1(OS(=O)(=O)C(F)(F)F)CC2. The second-order valence-corrected chi connectivity index (χ2v) is 7.01. The first-order valence-electron chi connectivity index (χ1n) is 5.54. The largest absolute Gasteiger partial charge is 0.523 e. The highest BCUT2D eigenvalue weighted by Crippen LogP contribution is 2.62. The van der Waals surface area contributed by atoms with Gasteiger partial charge in [-0.1, -0.05) is 13.8 Å². The van der Waals surface area contributed by atoms with Gasteiger partial charge in [-0.3, -0.25) is 4.18 Å². The summed E-state index contributed by atoms with van der Waals surface area (Å²) in [7, 11) is -5.50. The Labute approximate surface area is 98.5 Å². The number of hydrogen-bond donors (Lipinski definition) is 0. The fraction of sp³-hybridized carbons (Fsp3) is 1.00. The Morgan fingerprint density at radius 1 is 1.18 bits per heavy atom. The van der Waals surface area contributed by atoms with Crippen LogP contribution in [0.3, 0.4) is 0 Å². The lowest BCUT2D eigenvalue weighted by Crippen LogP contribution is -2.44. The van der Waals surface area contributed by atoms with Crippen LogP contribution < -0.4 is 0 Å². The molecule has 0 aromatic carbocycles. The Balaban J connectivity index is 2.31. The summed E-state index contributed by atoms with van der Waals surface area (Å²) in [4.78, 5) is 0. The molecule has 2 aliphatic rings. The number of rotatable bonds is 2. The van der Waals surface area contributed by atoms with Gasteiger partial charge in [-0.05, 0) is 37.0 Å². The number of alkyl halides is 3. The van der Waals surface area contributed by atoms with E-state index in [4.69, 9.17) is 0 Å². The minimum atomic E-state index is -5.50. The van der Waals surface area contributed by atoms with E-state index in [1.165, 1.54) is 0 Å². The molecule has 0 aromatic rings. The lowest BCUT2D eigenvalue weighted by Gasteiger charge is -2.36. The van der Waals surface area contributed by atoms with E-state index in [2.05, 4.69) is 4.18 Å². The molecule has 2 saturated carbocycles. The first-order chi connectivity index (χ1) is 7.52. The van der Waals surface area contributed by atoms with Crippen LogP contribution in [0.1, 0.15) is 39.5 Å². The van der Waals surface area contributed by atoms with Gasteiger partial charge in [-0.2, -0.15) is 21.6 Å². The zero-order chi connectivity index (χ0) is 13.1. The van der Waals surface area contributed by atoms with Crippen molar-refractivity contribution in [3.63, 3.8) is 0 Å². The molecule has 7 heteroatoms. The second-order valence-electron chi connectivity index (χ2n) is 5.47. The molecule has 2 rings (SSSR count). The second kappa shape index (κ2) is 3.38. The van der Waals surface area contributed by atoms with Crippen LogP contribution in [0.25, 0.3) is 0 Å². The Morgan fingerprint density at radius 3 is 1.94 bits per heavy atom. The summed E-state index contributed by atoms with van der Waals surface area (Å²) in [5, 5.41) is 0. The van der Waals surface area contributed by atoms with Crippen LogP contribution in [0.15, 0.2) is 0 Å². The van der Waals surface area contributed by atoms with Gasteiger partial charge < -0.3 is 0 Å². The van der Waals surface area contributed by atoms with Gasteiger partial charge in [0, 0.05) is 0 Å². The van der Waals surface area contributed by atoms with E-state index in [9.17, 15) is 21.6 Å². The summed E-state index contributed by atoms with van der Waals surface area (Å²) in [6.45, 7) is 3.59. The molecule has 2 fully saturated rings. The van der Waals surface area contributed by atoms with Crippen molar-refractivity contribution in [2.75, 3.05) is 0 Å². The zero-order valence-electron chi connectivity index (χ0n) is 9.67. The molecular formula is C10H15F3O3S. The van der Waals surface area contributed by atoms with Gasteiger partial charge in [0.15, 0.2) is 0 Å². The van der Waals surface area contributed by atoms with E-state index < -0.39 is 26.6 Å². The van der Waals surface area contributed by atoms with E-state index in [1.807, 2.05) is 0 Å². The smallest absolute Gasteiger partial charge is 0.256 e. The van der Waals surface area contributed by atoms with Crippen LogP contribution in [-0.4, -0.2) is 19.5 Å². The average molecular weight is 272 g/mol. The third kappa shape index (κ3) is 1.69. The van der Waals surface area contributed by atoms with Crippen LogP contribution in [0, 0.1) is 11.3 Å². The molecule has 2 aliphatic carbocycles. The third-order valence-corrected chi connectivity index (χ3v) is 5.65. The Kier molecular flexibility index (Phi) is 2.61. The molecule has 0 spiro atoms. The van der Waals surface area contributed by atoms with E-state index in [0.29, 0.717) is 12.8 Å². The monoisotopic (exact) mass is 272 g/mol. The number of fused-ring (bicyclic) bond motifs is 2. The van der Waals surface area contributed by atoms with E-state index in [0.717, 1.165) is 12.8 Å². The van der Waals surface area contributed by atoms with E-state index in [-0.39, 0.29) is 5.92 Å². The summed E-state index contributed by atoms with van der Waals surface area (Å²) in [6, 6.07) is 0. The third-order valence-electron chi connectivity index (χ3n) is 4.54. The van der Waals surface area contributed by atoms with Gasteiger partial charge >= 0.3 is 15.6 Å². The highest BCUT2D eigenvalue weighted by molar-refractivity contribution is 7.87. The van der Waals surface area contributed by atoms with Crippen molar-refractivity contribution in [1.29, 1.82) is 0 Å². The summed E-state index contributed by atoms with van der Waals surface area (Å²) in [5.41, 5.74) is -7.00. The molecule has 17 heavy (non-hydrogen) atoms. The van der Waals surface area contributed by atoms with Crippen LogP contribution in [0.5, 0.6) is 0 Å². The molecule has 0 saturated heterocycles. The maximum atomic E-state index is 12.3. The van der Waals surface area contributed by atoms with Crippen molar-refractivity contribution < 1.29 is 25.8 Å². The molecule has 0 aliphatic heterocycles. The molecule has 3 nitrogen and oxygen atoms in total. The minimum Gasteiger partial charge on any atom is -0.256 e. The van der Waals surface area contributed by atoms with Crippen LogP contribution >= 0.6 is 0 Å². The van der Waals surface area contributed by atoms with Crippen molar-refractivity contribution in [2.24, 2.45) is 11.3 Å². The zero-order valence-corrected chi connectivity index (χ0v) is 10.5. The maximum Gasteiger partial charge on any atom is 0.523 e. The van der Waals surface area contributed by atoms with Crippen molar-refractivity contribution in [2.45, 2.75) is 50.6 Å². The molecule has 0 atom stereocenters. The topological polar surface area (TPSA) is 43.4 Å². The molecular weight excluding hydrogens is 257 g/mol. The van der Waals surface area contributed by atoms with Crippen molar-refractivity contribution in [3.8, 4) is 0 Å². The Hall–Kier alpha value is -0.300. The highest BCUT2D eigenvalue weighted by Gasteiger charge is 2.64. The minimum absolute atomic E-state index is 0.255. The first kappa shape index (κ1) is 13.1. The predicted octanol–water partition coefficient (Wildman–Crippen LogP) is 2.82. The van der Waals surface area contributed by atoms with Crippen LogP contribution in [-0.2, 0) is 14.3 Å². The maximum absolute atomic E-state index is 12.3. The molecule has 0 unspecified atom stereocenters. The van der Waals surface area contributed by atoms with E-state index >= 15 is 0 Å². The first-order valence-corrected chi connectivity index (χ1v) is 6.95. The fourth-order valence-electron chi connectivity index (χ4n) is 3.27. The predicted molar refractivity (Wildman–Crippen MR) is 54.5 cm³/mol. The molecule has 0 amide bonds. The summed E-state index contributed by atoms with van der Waals surface area (Å²) in [5.74, 6) is 0.255. The fourth-order valence-corrected chi connectivity index (χ4v) is 4.17.